The Hall–Kier alpha value is -3.67. The van der Waals surface area contributed by atoms with Gasteiger partial charge in [0.1, 0.15) is 24.7 Å². The second-order valence-electron chi connectivity index (χ2n) is 7.98. The molecule has 3 rings (SSSR count). The third-order valence-electron chi connectivity index (χ3n) is 4.52. The molecule has 0 atom stereocenters. The van der Waals surface area contributed by atoms with Crippen LogP contribution >= 0.6 is 0 Å². The summed E-state index contributed by atoms with van der Waals surface area (Å²) in [4.78, 5) is 15.9. The second-order valence-corrected chi connectivity index (χ2v) is 7.98. The minimum Gasteiger partial charge on any atom is -0.490 e. The number of rotatable bonds is 8. The fraction of sp³-hybridized carbons (Fsp3) is 0.240. The summed E-state index contributed by atoms with van der Waals surface area (Å²) in [5.41, 5.74) is 5.19. The molecule has 0 saturated carbocycles. The monoisotopic (exact) mass is 417 g/mol. The highest BCUT2D eigenvalue weighted by Gasteiger charge is 2.12. The van der Waals surface area contributed by atoms with Crippen LogP contribution in [0.1, 0.15) is 42.3 Å². The third-order valence-corrected chi connectivity index (χ3v) is 4.52. The summed E-state index contributed by atoms with van der Waals surface area (Å²) >= 11 is 0. The van der Waals surface area contributed by atoms with Crippen LogP contribution in [0.2, 0.25) is 0 Å². The Balaban J connectivity index is 1.44. The first-order chi connectivity index (χ1) is 14.9. The third kappa shape index (κ3) is 6.96. The smallest absolute Gasteiger partial charge is 0.271 e. The fourth-order valence-electron chi connectivity index (χ4n) is 2.79. The summed E-state index contributed by atoms with van der Waals surface area (Å²) in [6, 6.07) is 18.9. The van der Waals surface area contributed by atoms with Crippen molar-refractivity contribution in [1.29, 1.82) is 0 Å². The lowest BCUT2D eigenvalue weighted by Gasteiger charge is -2.19. The fourth-order valence-corrected chi connectivity index (χ4v) is 2.79. The highest BCUT2D eigenvalue weighted by Crippen LogP contribution is 2.24. The highest BCUT2D eigenvalue weighted by atomic mass is 16.5. The molecule has 1 heterocycles. The molecule has 1 N–H and O–H groups in total. The van der Waals surface area contributed by atoms with Gasteiger partial charge in [0.25, 0.3) is 5.91 Å². The van der Waals surface area contributed by atoms with Crippen LogP contribution in [-0.2, 0) is 5.41 Å². The number of pyridine rings is 1. The van der Waals surface area contributed by atoms with Crippen molar-refractivity contribution >= 4 is 12.1 Å². The number of hydrogen-bond donors (Lipinski definition) is 1. The minimum atomic E-state index is -0.293. The molecule has 6 heteroatoms. The van der Waals surface area contributed by atoms with Gasteiger partial charge in [0.2, 0.25) is 0 Å². The van der Waals surface area contributed by atoms with Crippen LogP contribution in [0.5, 0.6) is 11.5 Å². The van der Waals surface area contributed by atoms with Gasteiger partial charge in [0, 0.05) is 18.0 Å². The SMILES string of the molecule is CC(C)(C)c1ccc(OCCOc2cccc(/C=N/NC(=O)c3ccncc3)c2)cc1. The van der Waals surface area contributed by atoms with E-state index in [4.69, 9.17) is 9.47 Å². The molecule has 31 heavy (non-hydrogen) atoms. The average molecular weight is 418 g/mol. The minimum absolute atomic E-state index is 0.123. The van der Waals surface area contributed by atoms with Crippen molar-refractivity contribution in [2.45, 2.75) is 26.2 Å². The van der Waals surface area contributed by atoms with Crippen molar-refractivity contribution in [3.63, 3.8) is 0 Å². The van der Waals surface area contributed by atoms with E-state index < -0.39 is 0 Å². The molecular weight excluding hydrogens is 390 g/mol. The van der Waals surface area contributed by atoms with Gasteiger partial charge in [-0.1, -0.05) is 45.0 Å². The molecule has 0 unspecified atom stereocenters. The second kappa shape index (κ2) is 10.4. The molecule has 160 valence electrons. The van der Waals surface area contributed by atoms with E-state index in [9.17, 15) is 4.79 Å². The van der Waals surface area contributed by atoms with E-state index in [-0.39, 0.29) is 11.3 Å². The number of hydrazone groups is 1. The number of carbonyl (C=O) groups is 1. The molecule has 0 spiro atoms. The zero-order valence-electron chi connectivity index (χ0n) is 18.0. The topological polar surface area (TPSA) is 72.8 Å². The summed E-state index contributed by atoms with van der Waals surface area (Å²) in [5, 5.41) is 3.99. The van der Waals surface area contributed by atoms with Crippen LogP contribution in [0, 0.1) is 0 Å². The number of aromatic nitrogens is 1. The number of carbonyl (C=O) groups excluding carboxylic acids is 1. The van der Waals surface area contributed by atoms with Gasteiger partial charge in [0.15, 0.2) is 0 Å². The van der Waals surface area contributed by atoms with E-state index in [1.54, 1.807) is 30.7 Å². The number of benzene rings is 2. The number of amides is 1. The molecular formula is C25H27N3O3. The maximum absolute atomic E-state index is 12.0. The van der Waals surface area contributed by atoms with Crippen molar-refractivity contribution in [3.05, 3.63) is 89.7 Å². The molecule has 0 aliphatic carbocycles. The predicted molar refractivity (Wildman–Crippen MR) is 122 cm³/mol. The van der Waals surface area contributed by atoms with Gasteiger partial charge in [-0.3, -0.25) is 9.78 Å². The molecule has 1 aromatic heterocycles. The van der Waals surface area contributed by atoms with Crippen LogP contribution < -0.4 is 14.9 Å². The zero-order chi connectivity index (χ0) is 22.1. The molecule has 6 nitrogen and oxygen atoms in total. The number of nitrogens with one attached hydrogen (secondary N) is 1. The Morgan fingerprint density at radius 3 is 2.32 bits per heavy atom. The van der Waals surface area contributed by atoms with Crippen LogP contribution in [-0.4, -0.2) is 30.3 Å². The lowest BCUT2D eigenvalue weighted by atomic mass is 9.87. The first-order valence-electron chi connectivity index (χ1n) is 10.1. The summed E-state index contributed by atoms with van der Waals surface area (Å²) in [6.07, 6.45) is 4.69. The van der Waals surface area contributed by atoms with Gasteiger partial charge in [-0.05, 0) is 52.9 Å². The Morgan fingerprint density at radius 2 is 1.65 bits per heavy atom. The summed E-state index contributed by atoms with van der Waals surface area (Å²) in [6.45, 7) is 7.41. The van der Waals surface area contributed by atoms with Gasteiger partial charge < -0.3 is 9.47 Å². The molecule has 0 aliphatic heterocycles. The van der Waals surface area contributed by atoms with Gasteiger partial charge in [-0.2, -0.15) is 5.10 Å². The molecule has 0 aliphatic rings. The maximum Gasteiger partial charge on any atom is 0.271 e. The highest BCUT2D eigenvalue weighted by molar-refractivity contribution is 5.94. The molecule has 0 fully saturated rings. The summed E-state index contributed by atoms with van der Waals surface area (Å²) in [5.74, 6) is 1.23. The lowest BCUT2D eigenvalue weighted by Crippen LogP contribution is -2.17. The number of hydrogen-bond acceptors (Lipinski definition) is 5. The lowest BCUT2D eigenvalue weighted by molar-refractivity contribution is 0.0955. The van der Waals surface area contributed by atoms with Crippen LogP contribution in [0.4, 0.5) is 0 Å². The largest absolute Gasteiger partial charge is 0.490 e. The van der Waals surface area contributed by atoms with Gasteiger partial charge in [-0.25, -0.2) is 5.43 Å². The summed E-state index contributed by atoms with van der Waals surface area (Å²) < 4.78 is 11.5. The van der Waals surface area contributed by atoms with Crippen LogP contribution in [0.3, 0.4) is 0 Å². The van der Waals surface area contributed by atoms with Crippen LogP contribution in [0.25, 0.3) is 0 Å². The van der Waals surface area contributed by atoms with Crippen molar-refractivity contribution < 1.29 is 14.3 Å². The molecule has 0 bridgehead atoms. The Morgan fingerprint density at radius 1 is 0.968 bits per heavy atom. The Labute approximate surface area is 182 Å². The normalized spacial score (nSPS) is 11.3. The molecule has 0 radical (unpaired) electrons. The predicted octanol–water partition coefficient (Wildman–Crippen LogP) is 4.60. The Bertz CT molecular complexity index is 1010. The van der Waals surface area contributed by atoms with Crippen molar-refractivity contribution in [2.75, 3.05) is 13.2 Å². The standard InChI is InChI=1S/C25H27N3O3/c1-25(2,3)21-7-9-22(10-8-21)30-15-16-31-23-6-4-5-19(17-23)18-27-28-24(29)20-11-13-26-14-12-20/h4-14,17-18H,15-16H2,1-3H3,(H,28,29)/b27-18+. The first-order valence-corrected chi connectivity index (χ1v) is 10.1. The Kier molecular flexibility index (Phi) is 7.38. The molecule has 0 saturated heterocycles. The van der Waals surface area contributed by atoms with E-state index in [0.29, 0.717) is 24.5 Å². The van der Waals surface area contributed by atoms with Gasteiger partial charge >= 0.3 is 0 Å². The van der Waals surface area contributed by atoms with E-state index in [0.717, 1.165) is 11.3 Å². The zero-order valence-corrected chi connectivity index (χ0v) is 18.0. The van der Waals surface area contributed by atoms with E-state index >= 15 is 0 Å². The van der Waals surface area contributed by atoms with Crippen molar-refractivity contribution in [1.82, 2.24) is 10.4 Å². The summed E-state index contributed by atoms with van der Waals surface area (Å²) in [7, 11) is 0. The quantitative estimate of drug-likeness (QED) is 0.330. The van der Waals surface area contributed by atoms with Crippen molar-refractivity contribution in [3.8, 4) is 11.5 Å². The van der Waals surface area contributed by atoms with E-state index in [1.807, 2.05) is 36.4 Å². The van der Waals surface area contributed by atoms with Crippen molar-refractivity contribution in [2.24, 2.45) is 5.10 Å². The maximum atomic E-state index is 12.0. The van der Waals surface area contributed by atoms with E-state index in [1.165, 1.54) is 5.56 Å². The van der Waals surface area contributed by atoms with Crippen LogP contribution in [0.15, 0.2) is 78.2 Å². The average Bonchev–Trinajstić information content (AvgIpc) is 2.77. The molecule has 2 aromatic carbocycles. The van der Waals surface area contributed by atoms with E-state index in [2.05, 4.69) is 48.4 Å². The number of ether oxygens (including phenoxy) is 2. The molecule has 3 aromatic rings. The first kappa shape index (κ1) is 22.0. The van der Waals surface area contributed by atoms with Gasteiger partial charge in [0.05, 0.1) is 6.21 Å². The van der Waals surface area contributed by atoms with Gasteiger partial charge in [-0.15, -0.1) is 0 Å². The molecule has 1 amide bonds. The number of nitrogens with zero attached hydrogens (tertiary/aromatic N) is 2.